The third-order valence-corrected chi connectivity index (χ3v) is 1.45. The number of rotatable bonds is 3. The van der Waals surface area contributed by atoms with Gasteiger partial charge in [0.05, 0.1) is 0 Å². The van der Waals surface area contributed by atoms with Crippen molar-refractivity contribution in [3.8, 4) is 0 Å². The fourth-order valence-electron chi connectivity index (χ4n) is 0.260. The SMILES string of the molecule is NCCC(O)[P+](=O)O. The van der Waals surface area contributed by atoms with E-state index in [1.807, 2.05) is 0 Å². The van der Waals surface area contributed by atoms with E-state index in [-0.39, 0.29) is 13.0 Å². The smallest absolute Gasteiger partial charge is 0.349 e. The van der Waals surface area contributed by atoms with E-state index < -0.39 is 13.9 Å². The molecule has 48 valence electrons. The van der Waals surface area contributed by atoms with E-state index in [1.165, 1.54) is 0 Å². The van der Waals surface area contributed by atoms with Crippen molar-refractivity contribution in [2.45, 2.75) is 12.3 Å². The van der Waals surface area contributed by atoms with Gasteiger partial charge in [0, 0.05) is 6.42 Å². The van der Waals surface area contributed by atoms with Gasteiger partial charge in [0.15, 0.2) is 0 Å². The predicted octanol–water partition coefficient (Wildman–Crippen LogP) is -0.612. The van der Waals surface area contributed by atoms with E-state index in [4.69, 9.17) is 15.7 Å². The van der Waals surface area contributed by atoms with E-state index in [0.717, 1.165) is 0 Å². The van der Waals surface area contributed by atoms with Gasteiger partial charge in [-0.3, -0.25) is 0 Å². The van der Waals surface area contributed by atoms with Gasteiger partial charge in [-0.2, -0.15) is 4.89 Å². The highest BCUT2D eigenvalue weighted by Crippen LogP contribution is 2.21. The summed E-state index contributed by atoms with van der Waals surface area (Å²) in [5, 5.41) is 8.51. The normalized spacial score (nSPS) is 15.6. The Kier molecular flexibility index (Phi) is 3.91. The van der Waals surface area contributed by atoms with E-state index in [1.54, 1.807) is 0 Å². The summed E-state index contributed by atoms with van der Waals surface area (Å²) in [6, 6.07) is 0. The quantitative estimate of drug-likeness (QED) is 0.454. The molecule has 0 radical (unpaired) electrons. The van der Waals surface area contributed by atoms with Crippen LogP contribution in [0.1, 0.15) is 6.42 Å². The van der Waals surface area contributed by atoms with Gasteiger partial charge in [0.1, 0.15) is 0 Å². The molecule has 8 heavy (non-hydrogen) atoms. The van der Waals surface area contributed by atoms with Crippen molar-refractivity contribution >= 4 is 8.03 Å². The van der Waals surface area contributed by atoms with Gasteiger partial charge in [0.2, 0.25) is 0 Å². The van der Waals surface area contributed by atoms with Crippen molar-refractivity contribution < 1.29 is 14.6 Å². The topological polar surface area (TPSA) is 83.5 Å². The van der Waals surface area contributed by atoms with Crippen molar-refractivity contribution in [1.29, 1.82) is 0 Å². The van der Waals surface area contributed by atoms with E-state index in [0.29, 0.717) is 0 Å². The molecule has 0 aliphatic heterocycles. The molecule has 4 N–H and O–H groups in total. The van der Waals surface area contributed by atoms with Gasteiger partial charge in [-0.25, -0.2) is 0 Å². The first-order chi connectivity index (χ1) is 3.68. The van der Waals surface area contributed by atoms with Crippen LogP contribution >= 0.6 is 8.03 Å². The molecule has 0 aromatic carbocycles. The molecule has 0 fully saturated rings. The summed E-state index contributed by atoms with van der Waals surface area (Å²) in [6.07, 6.45) is 0.186. The Balaban J connectivity index is 3.32. The summed E-state index contributed by atoms with van der Waals surface area (Å²) < 4.78 is 9.93. The van der Waals surface area contributed by atoms with Gasteiger partial charge in [-0.05, 0) is 11.1 Å². The predicted molar refractivity (Wildman–Crippen MR) is 29.5 cm³/mol. The molecule has 0 aliphatic carbocycles. The van der Waals surface area contributed by atoms with Crippen LogP contribution in [-0.2, 0) is 4.57 Å². The minimum Gasteiger partial charge on any atom is -0.349 e. The lowest BCUT2D eigenvalue weighted by Gasteiger charge is -1.89. The summed E-state index contributed by atoms with van der Waals surface area (Å²) in [5.41, 5.74) is 4.97. The van der Waals surface area contributed by atoms with Crippen molar-refractivity contribution in [2.75, 3.05) is 6.54 Å². The molecule has 0 aromatic rings. The Bertz CT molecular complexity index is 86.6. The zero-order valence-electron chi connectivity index (χ0n) is 4.32. The molecular weight excluding hydrogens is 129 g/mol. The van der Waals surface area contributed by atoms with Gasteiger partial charge in [0.25, 0.3) is 5.85 Å². The van der Waals surface area contributed by atoms with Crippen molar-refractivity contribution in [3.05, 3.63) is 0 Å². The highest BCUT2D eigenvalue weighted by Gasteiger charge is 2.23. The highest BCUT2D eigenvalue weighted by atomic mass is 31.1. The maximum absolute atomic E-state index is 9.93. The molecule has 0 saturated carbocycles. The second-order valence-electron chi connectivity index (χ2n) is 1.36. The number of aliphatic hydroxyl groups is 1. The summed E-state index contributed by atoms with van der Waals surface area (Å²) >= 11 is 0. The molecule has 0 saturated heterocycles. The molecule has 0 aliphatic rings. The minimum atomic E-state index is -2.44. The second kappa shape index (κ2) is 3.92. The summed E-state index contributed by atoms with van der Waals surface area (Å²) in [7, 11) is -2.44. The maximum atomic E-state index is 9.93. The van der Waals surface area contributed by atoms with Crippen molar-refractivity contribution in [1.82, 2.24) is 0 Å². The van der Waals surface area contributed by atoms with E-state index >= 15 is 0 Å². The van der Waals surface area contributed by atoms with E-state index in [2.05, 4.69) is 0 Å². The first kappa shape index (κ1) is 7.98. The fourth-order valence-corrected chi connectivity index (χ4v) is 0.629. The van der Waals surface area contributed by atoms with Gasteiger partial charge < -0.3 is 10.8 Å². The average molecular weight is 138 g/mol. The van der Waals surface area contributed by atoms with Crippen LogP contribution in [0.15, 0.2) is 0 Å². The first-order valence-electron chi connectivity index (χ1n) is 2.22. The Labute approximate surface area is 48.2 Å². The van der Waals surface area contributed by atoms with Crippen molar-refractivity contribution in [3.63, 3.8) is 0 Å². The lowest BCUT2D eigenvalue weighted by atomic mass is 10.5. The highest BCUT2D eigenvalue weighted by molar-refractivity contribution is 7.38. The largest absolute Gasteiger partial charge is 0.537 e. The Morgan fingerprint density at radius 3 is 2.38 bits per heavy atom. The van der Waals surface area contributed by atoms with Crippen LogP contribution in [0.5, 0.6) is 0 Å². The maximum Gasteiger partial charge on any atom is 0.537 e. The zero-order valence-corrected chi connectivity index (χ0v) is 5.21. The van der Waals surface area contributed by atoms with Crippen molar-refractivity contribution in [2.24, 2.45) is 5.73 Å². The lowest BCUT2D eigenvalue weighted by molar-refractivity contribution is 0.230. The van der Waals surface area contributed by atoms with Crippen LogP contribution < -0.4 is 5.73 Å². The zero-order chi connectivity index (χ0) is 6.57. The standard InChI is InChI=1S/C3H8NO3P/c4-2-1-3(5)8(6)7/h3,5H,1-2,4H2/p+1. The number of hydrogen-bond donors (Lipinski definition) is 3. The van der Waals surface area contributed by atoms with Crippen LogP contribution in [0.2, 0.25) is 0 Å². The van der Waals surface area contributed by atoms with Gasteiger partial charge >= 0.3 is 8.03 Å². The van der Waals surface area contributed by atoms with Crippen LogP contribution in [0, 0.1) is 0 Å². The minimum absolute atomic E-state index is 0.186. The lowest BCUT2D eigenvalue weighted by Crippen LogP contribution is -2.08. The number of aliphatic hydroxyl groups excluding tert-OH is 1. The molecule has 0 rings (SSSR count). The summed E-state index contributed by atoms with van der Waals surface area (Å²) in [4.78, 5) is 8.16. The molecule has 0 bridgehead atoms. The molecular formula is C3H9NO3P+. The third kappa shape index (κ3) is 3.04. The van der Waals surface area contributed by atoms with Gasteiger partial charge in [-0.15, -0.1) is 0 Å². The second-order valence-corrected chi connectivity index (χ2v) is 2.56. The molecule has 0 heterocycles. The van der Waals surface area contributed by atoms with E-state index in [9.17, 15) is 4.57 Å². The first-order valence-corrected chi connectivity index (χ1v) is 3.50. The summed E-state index contributed by atoms with van der Waals surface area (Å²) in [5.74, 6) is -1.14. The average Bonchev–Trinajstić information content (AvgIpc) is 1.67. The molecule has 2 atom stereocenters. The molecule has 0 spiro atoms. The Hall–Kier alpha value is -0.0200. The third-order valence-electron chi connectivity index (χ3n) is 0.680. The Morgan fingerprint density at radius 1 is 1.75 bits per heavy atom. The molecule has 0 aromatic heterocycles. The van der Waals surface area contributed by atoms with Gasteiger partial charge in [-0.1, -0.05) is 0 Å². The molecule has 2 unspecified atom stereocenters. The van der Waals surface area contributed by atoms with Crippen LogP contribution in [0.4, 0.5) is 0 Å². The monoisotopic (exact) mass is 138 g/mol. The number of hydrogen-bond acceptors (Lipinski definition) is 3. The Morgan fingerprint density at radius 2 is 2.25 bits per heavy atom. The molecule has 5 heteroatoms. The van der Waals surface area contributed by atoms with Crippen LogP contribution in [0.25, 0.3) is 0 Å². The van der Waals surface area contributed by atoms with Crippen LogP contribution in [0.3, 0.4) is 0 Å². The number of nitrogens with two attached hydrogens (primary N) is 1. The fraction of sp³-hybridized carbons (Fsp3) is 1.00. The molecule has 4 nitrogen and oxygen atoms in total. The summed E-state index contributed by atoms with van der Waals surface area (Å²) in [6.45, 7) is 0.239. The van der Waals surface area contributed by atoms with Crippen LogP contribution in [-0.4, -0.2) is 22.4 Å². The molecule has 0 amide bonds.